The predicted molar refractivity (Wildman–Crippen MR) is 52.2 cm³/mol. The first kappa shape index (κ1) is 14.1. The highest BCUT2D eigenvalue weighted by Gasteiger charge is 2.02. The summed E-state index contributed by atoms with van der Waals surface area (Å²) in [5.41, 5.74) is 6.66. The van der Waals surface area contributed by atoms with Gasteiger partial charge < -0.3 is 21.5 Å². The number of nitrogens with two attached hydrogens (primary N) is 1. The molecule has 0 fully saturated rings. The van der Waals surface area contributed by atoms with E-state index in [-0.39, 0.29) is 26.2 Å². The molecule has 0 spiro atoms. The van der Waals surface area contributed by atoms with Crippen LogP contribution in [-0.2, 0) is 14.4 Å². The zero-order valence-electron chi connectivity index (χ0n) is 8.49. The first-order chi connectivity index (χ1) is 7.56. The lowest BCUT2D eigenvalue weighted by atomic mass is 10.5. The van der Waals surface area contributed by atoms with E-state index >= 15 is 0 Å². The van der Waals surface area contributed by atoms with Crippen molar-refractivity contribution in [1.82, 2.24) is 16.1 Å². The van der Waals surface area contributed by atoms with Crippen LogP contribution >= 0.6 is 0 Å². The zero-order valence-corrected chi connectivity index (χ0v) is 8.49. The van der Waals surface area contributed by atoms with Crippen LogP contribution in [0.15, 0.2) is 0 Å². The Bertz CT molecular complexity index is 257. The lowest BCUT2D eigenvalue weighted by Gasteiger charge is -2.06. The molecule has 3 amide bonds. The predicted octanol–water partition coefficient (Wildman–Crippen LogP) is -2.62. The van der Waals surface area contributed by atoms with Crippen molar-refractivity contribution >= 4 is 17.9 Å². The van der Waals surface area contributed by atoms with Crippen LogP contribution in [0, 0.1) is 0 Å². The Kier molecular flexibility index (Phi) is 7.45. The van der Waals surface area contributed by atoms with Gasteiger partial charge in [0.05, 0.1) is 19.7 Å². The van der Waals surface area contributed by atoms with Crippen molar-refractivity contribution in [2.24, 2.45) is 5.73 Å². The van der Waals surface area contributed by atoms with Gasteiger partial charge in [0.2, 0.25) is 11.8 Å². The maximum atomic E-state index is 11.0. The summed E-state index contributed by atoms with van der Waals surface area (Å²) in [6.07, 6.45) is -1.32. The van der Waals surface area contributed by atoms with Crippen molar-refractivity contribution in [3.8, 4) is 0 Å². The Morgan fingerprint density at radius 2 is 1.88 bits per heavy atom. The monoisotopic (exact) mass is 234 g/mol. The average molecular weight is 234 g/mol. The van der Waals surface area contributed by atoms with Gasteiger partial charge in [0.15, 0.2) is 0 Å². The Hall–Kier alpha value is -1.87. The highest BCUT2D eigenvalue weighted by atomic mass is 16.7. The fourth-order valence-electron chi connectivity index (χ4n) is 0.668. The summed E-state index contributed by atoms with van der Waals surface area (Å²) < 4.78 is 0. The zero-order chi connectivity index (χ0) is 12.4. The second kappa shape index (κ2) is 8.44. The molecule has 9 heteroatoms. The van der Waals surface area contributed by atoms with E-state index < -0.39 is 17.9 Å². The van der Waals surface area contributed by atoms with Gasteiger partial charge in [-0.2, -0.15) is 5.48 Å². The van der Waals surface area contributed by atoms with E-state index in [0.717, 1.165) is 0 Å². The second-order valence-corrected chi connectivity index (χ2v) is 2.59. The smallest absolute Gasteiger partial charge is 0.428 e. The molecule has 0 bridgehead atoms. The summed E-state index contributed by atoms with van der Waals surface area (Å²) in [5.74, 6) is -0.848. The largest absolute Gasteiger partial charge is 0.464 e. The Labute approximate surface area is 91.3 Å². The molecule has 0 aliphatic rings. The highest BCUT2D eigenvalue weighted by Crippen LogP contribution is 1.69. The first-order valence-electron chi connectivity index (χ1n) is 4.40. The third-order valence-electron chi connectivity index (χ3n) is 1.32. The number of carbonyl (C=O) groups is 3. The molecule has 0 aliphatic heterocycles. The summed E-state index contributed by atoms with van der Waals surface area (Å²) in [6.45, 7) is -0.248. The summed E-state index contributed by atoms with van der Waals surface area (Å²) in [4.78, 5) is 36.0. The van der Waals surface area contributed by atoms with Gasteiger partial charge in [0.25, 0.3) is 0 Å². The molecule has 0 aromatic rings. The number of nitrogens with one attached hydrogen (secondary N) is 3. The Morgan fingerprint density at radius 3 is 2.44 bits per heavy atom. The maximum Gasteiger partial charge on any atom is 0.428 e. The molecule has 0 atom stereocenters. The van der Waals surface area contributed by atoms with Gasteiger partial charge in [-0.05, 0) is 0 Å². The fourth-order valence-corrected chi connectivity index (χ4v) is 0.668. The molecule has 92 valence electrons. The summed E-state index contributed by atoms with van der Waals surface area (Å²) in [5, 5.41) is 12.8. The van der Waals surface area contributed by atoms with Crippen LogP contribution in [0.3, 0.4) is 0 Å². The SMILES string of the molecule is NCC(=O)NCC(=O)NCCONC(=O)O. The lowest BCUT2D eigenvalue weighted by molar-refractivity contribution is -0.125. The van der Waals surface area contributed by atoms with E-state index in [1.165, 1.54) is 0 Å². The number of hydrogen-bond donors (Lipinski definition) is 5. The van der Waals surface area contributed by atoms with Gasteiger partial charge in [-0.1, -0.05) is 0 Å². The van der Waals surface area contributed by atoms with Gasteiger partial charge in [0.1, 0.15) is 0 Å². The van der Waals surface area contributed by atoms with E-state index in [2.05, 4.69) is 15.5 Å². The summed E-state index contributed by atoms with van der Waals surface area (Å²) in [6, 6.07) is 0. The summed E-state index contributed by atoms with van der Waals surface area (Å²) >= 11 is 0. The molecule has 0 unspecified atom stereocenters. The third kappa shape index (κ3) is 8.72. The fraction of sp³-hybridized carbons (Fsp3) is 0.571. The van der Waals surface area contributed by atoms with Crippen molar-refractivity contribution in [2.75, 3.05) is 26.2 Å². The topological polar surface area (TPSA) is 143 Å². The lowest BCUT2D eigenvalue weighted by Crippen LogP contribution is -2.40. The Balaban J connectivity index is 3.37. The van der Waals surface area contributed by atoms with Gasteiger partial charge >= 0.3 is 6.09 Å². The Morgan fingerprint density at radius 1 is 1.19 bits per heavy atom. The van der Waals surface area contributed by atoms with Gasteiger partial charge in [0, 0.05) is 6.54 Å². The van der Waals surface area contributed by atoms with Crippen LogP contribution in [0.5, 0.6) is 0 Å². The third-order valence-corrected chi connectivity index (χ3v) is 1.32. The van der Waals surface area contributed by atoms with Crippen LogP contribution in [0.2, 0.25) is 0 Å². The van der Waals surface area contributed by atoms with Crippen molar-refractivity contribution in [3.05, 3.63) is 0 Å². The van der Waals surface area contributed by atoms with E-state index in [0.29, 0.717) is 0 Å². The van der Waals surface area contributed by atoms with Crippen molar-refractivity contribution in [2.45, 2.75) is 0 Å². The normalized spacial score (nSPS) is 9.31. The molecule has 0 heterocycles. The van der Waals surface area contributed by atoms with Gasteiger partial charge in [-0.25, -0.2) is 4.79 Å². The number of amides is 3. The van der Waals surface area contributed by atoms with Gasteiger partial charge in [-0.15, -0.1) is 0 Å². The molecule has 0 saturated heterocycles. The maximum absolute atomic E-state index is 11.0. The second-order valence-electron chi connectivity index (χ2n) is 2.59. The van der Waals surface area contributed by atoms with Crippen LogP contribution in [0.4, 0.5) is 4.79 Å². The molecular formula is C7H14N4O5. The molecule has 0 saturated carbocycles. The molecule has 9 nitrogen and oxygen atoms in total. The average Bonchev–Trinajstić information content (AvgIpc) is 2.24. The molecular weight excluding hydrogens is 220 g/mol. The number of hydrogen-bond acceptors (Lipinski definition) is 5. The minimum Gasteiger partial charge on any atom is -0.464 e. The first-order valence-corrected chi connectivity index (χ1v) is 4.40. The molecule has 0 rings (SSSR count). The number of carboxylic acid groups (broad SMARTS) is 1. The standard InChI is InChI=1S/C7H14N4O5/c8-3-5(12)10-4-6(13)9-1-2-16-11-7(14)15/h11H,1-4,8H2,(H,9,13)(H,10,12)(H,14,15). The molecule has 0 aliphatic carbocycles. The van der Waals surface area contributed by atoms with Crippen molar-refractivity contribution in [1.29, 1.82) is 0 Å². The van der Waals surface area contributed by atoms with Crippen molar-refractivity contribution in [3.63, 3.8) is 0 Å². The van der Waals surface area contributed by atoms with Crippen LogP contribution in [-0.4, -0.2) is 49.3 Å². The minimum atomic E-state index is -1.32. The van der Waals surface area contributed by atoms with Crippen LogP contribution < -0.4 is 21.8 Å². The minimum absolute atomic E-state index is 0.0110. The van der Waals surface area contributed by atoms with Crippen LogP contribution in [0.1, 0.15) is 0 Å². The van der Waals surface area contributed by atoms with E-state index in [1.54, 1.807) is 5.48 Å². The molecule has 16 heavy (non-hydrogen) atoms. The van der Waals surface area contributed by atoms with E-state index in [1.807, 2.05) is 0 Å². The molecule has 0 aromatic heterocycles. The van der Waals surface area contributed by atoms with Crippen LogP contribution in [0.25, 0.3) is 0 Å². The van der Waals surface area contributed by atoms with Crippen molar-refractivity contribution < 1.29 is 24.3 Å². The van der Waals surface area contributed by atoms with E-state index in [4.69, 9.17) is 10.8 Å². The molecule has 0 aromatic carbocycles. The number of rotatable bonds is 7. The highest BCUT2D eigenvalue weighted by molar-refractivity contribution is 5.85. The van der Waals surface area contributed by atoms with E-state index in [9.17, 15) is 14.4 Å². The number of hydroxylamine groups is 1. The molecule has 6 N–H and O–H groups in total. The summed E-state index contributed by atoms with van der Waals surface area (Å²) in [7, 11) is 0. The quantitative estimate of drug-likeness (QED) is 0.241. The molecule has 0 radical (unpaired) electrons. The van der Waals surface area contributed by atoms with Gasteiger partial charge in [-0.3, -0.25) is 14.4 Å². The number of carbonyl (C=O) groups excluding carboxylic acids is 2.